The number of carbonyl (C=O) groups excluding carboxylic acids is 1. The lowest BCUT2D eigenvalue weighted by Gasteiger charge is -2.05. The summed E-state index contributed by atoms with van der Waals surface area (Å²) in [5.74, 6) is -1.15. The van der Waals surface area contributed by atoms with Crippen molar-refractivity contribution in [2.24, 2.45) is 0 Å². The number of rotatable bonds is 2. The van der Waals surface area contributed by atoms with Crippen molar-refractivity contribution in [2.75, 3.05) is 5.32 Å². The quantitative estimate of drug-likeness (QED) is 0.827. The van der Waals surface area contributed by atoms with E-state index in [-0.39, 0.29) is 10.7 Å². The third-order valence-corrected chi connectivity index (χ3v) is 2.09. The van der Waals surface area contributed by atoms with Crippen molar-refractivity contribution < 1.29 is 9.18 Å². The zero-order chi connectivity index (χ0) is 10.7. The second-order valence-electron chi connectivity index (χ2n) is 2.48. The SMILES string of the molecule is C=C(Cl)C(=O)Nc1cc(Br)ccc1F. The fourth-order valence-electron chi connectivity index (χ4n) is 0.783. The van der Waals surface area contributed by atoms with Crippen molar-refractivity contribution in [3.63, 3.8) is 0 Å². The van der Waals surface area contributed by atoms with Crippen molar-refractivity contribution in [2.45, 2.75) is 0 Å². The maximum Gasteiger partial charge on any atom is 0.266 e. The Bertz CT molecular complexity index is 394. The Labute approximate surface area is 93.9 Å². The first-order valence-electron chi connectivity index (χ1n) is 3.61. The van der Waals surface area contributed by atoms with Gasteiger partial charge in [0.25, 0.3) is 5.91 Å². The van der Waals surface area contributed by atoms with Gasteiger partial charge >= 0.3 is 0 Å². The van der Waals surface area contributed by atoms with Gasteiger partial charge in [-0.05, 0) is 18.2 Å². The monoisotopic (exact) mass is 277 g/mol. The minimum Gasteiger partial charge on any atom is -0.319 e. The molecule has 74 valence electrons. The molecular weight excluding hydrogens is 272 g/mol. The van der Waals surface area contributed by atoms with Crippen LogP contribution in [0.5, 0.6) is 0 Å². The van der Waals surface area contributed by atoms with E-state index in [0.29, 0.717) is 4.47 Å². The number of amides is 1. The standard InChI is InChI=1S/C9H6BrClFNO/c1-5(11)9(14)13-8-4-6(10)2-3-7(8)12/h2-4H,1H2,(H,13,14). The highest BCUT2D eigenvalue weighted by molar-refractivity contribution is 9.10. The van der Waals surface area contributed by atoms with Gasteiger partial charge in [-0.1, -0.05) is 34.1 Å². The highest BCUT2D eigenvalue weighted by Crippen LogP contribution is 2.20. The van der Waals surface area contributed by atoms with Gasteiger partial charge in [-0.3, -0.25) is 4.79 Å². The van der Waals surface area contributed by atoms with Crippen molar-refractivity contribution in [1.29, 1.82) is 0 Å². The lowest BCUT2D eigenvalue weighted by atomic mass is 10.3. The van der Waals surface area contributed by atoms with E-state index in [1.54, 1.807) is 0 Å². The summed E-state index contributed by atoms with van der Waals surface area (Å²) >= 11 is 8.48. The molecule has 0 atom stereocenters. The number of carbonyl (C=O) groups is 1. The highest BCUT2D eigenvalue weighted by Gasteiger charge is 2.08. The Hall–Kier alpha value is -0.870. The fourth-order valence-corrected chi connectivity index (χ4v) is 1.19. The van der Waals surface area contributed by atoms with Gasteiger partial charge in [-0.25, -0.2) is 4.39 Å². The van der Waals surface area contributed by atoms with Crippen LogP contribution in [0, 0.1) is 5.82 Å². The molecule has 2 nitrogen and oxygen atoms in total. The third kappa shape index (κ3) is 2.82. The molecule has 1 rings (SSSR count). The van der Waals surface area contributed by atoms with Crippen LogP contribution in [0.15, 0.2) is 34.3 Å². The van der Waals surface area contributed by atoms with E-state index in [1.165, 1.54) is 18.2 Å². The number of benzene rings is 1. The largest absolute Gasteiger partial charge is 0.319 e. The van der Waals surface area contributed by atoms with Crippen LogP contribution < -0.4 is 5.32 Å². The predicted octanol–water partition coefficient (Wildman–Crippen LogP) is 3.28. The summed E-state index contributed by atoms with van der Waals surface area (Å²) < 4.78 is 13.7. The molecular formula is C9H6BrClFNO. The number of anilines is 1. The minimum atomic E-state index is -0.622. The molecule has 0 aliphatic carbocycles. The summed E-state index contributed by atoms with van der Waals surface area (Å²) in [7, 11) is 0. The maximum atomic E-state index is 13.1. The zero-order valence-electron chi connectivity index (χ0n) is 6.98. The number of hydrogen-bond donors (Lipinski definition) is 1. The Morgan fingerprint density at radius 1 is 1.57 bits per heavy atom. The highest BCUT2D eigenvalue weighted by atomic mass is 79.9. The fraction of sp³-hybridized carbons (Fsp3) is 0. The lowest BCUT2D eigenvalue weighted by Crippen LogP contribution is -2.11. The smallest absolute Gasteiger partial charge is 0.266 e. The summed E-state index contributed by atoms with van der Waals surface area (Å²) in [4.78, 5) is 11.1. The Morgan fingerprint density at radius 2 is 2.21 bits per heavy atom. The number of hydrogen-bond acceptors (Lipinski definition) is 1. The molecule has 5 heteroatoms. The minimum absolute atomic E-state index is 0.0613. The molecule has 14 heavy (non-hydrogen) atoms. The van der Waals surface area contributed by atoms with Crippen molar-refractivity contribution in [3.05, 3.63) is 40.1 Å². The van der Waals surface area contributed by atoms with Crippen LogP contribution in [0.1, 0.15) is 0 Å². The van der Waals surface area contributed by atoms with E-state index in [2.05, 4.69) is 27.8 Å². The van der Waals surface area contributed by atoms with E-state index >= 15 is 0 Å². The van der Waals surface area contributed by atoms with Crippen LogP contribution in [-0.2, 0) is 4.79 Å². The predicted molar refractivity (Wildman–Crippen MR) is 57.7 cm³/mol. The lowest BCUT2D eigenvalue weighted by molar-refractivity contribution is -0.112. The molecule has 0 bridgehead atoms. The molecule has 0 saturated heterocycles. The first-order valence-corrected chi connectivity index (χ1v) is 4.78. The number of nitrogens with one attached hydrogen (secondary N) is 1. The van der Waals surface area contributed by atoms with E-state index in [1.807, 2.05) is 0 Å². The molecule has 0 unspecified atom stereocenters. The average molecular weight is 279 g/mol. The first-order chi connectivity index (χ1) is 6.50. The number of halogens is 3. The molecule has 0 spiro atoms. The summed E-state index contributed by atoms with van der Waals surface area (Å²) in [5, 5.41) is 2.08. The topological polar surface area (TPSA) is 29.1 Å². The molecule has 0 radical (unpaired) electrons. The molecule has 0 saturated carbocycles. The van der Waals surface area contributed by atoms with Gasteiger partial charge < -0.3 is 5.32 Å². The summed E-state index contributed by atoms with van der Waals surface area (Å²) in [6.07, 6.45) is 0. The Balaban J connectivity index is 2.91. The van der Waals surface area contributed by atoms with Crippen molar-refractivity contribution in [3.8, 4) is 0 Å². The molecule has 0 aromatic heterocycles. The first kappa shape index (κ1) is 11.2. The van der Waals surface area contributed by atoms with Crippen LogP contribution in [0.25, 0.3) is 0 Å². The Morgan fingerprint density at radius 3 is 2.79 bits per heavy atom. The molecule has 0 fully saturated rings. The van der Waals surface area contributed by atoms with Gasteiger partial charge in [0.05, 0.1) is 10.7 Å². The summed E-state index contributed by atoms with van der Waals surface area (Å²) in [5.41, 5.74) is 0.0613. The average Bonchev–Trinajstić information content (AvgIpc) is 2.11. The van der Waals surface area contributed by atoms with Gasteiger partial charge in [-0.15, -0.1) is 0 Å². The van der Waals surface area contributed by atoms with Gasteiger partial charge in [0.1, 0.15) is 5.82 Å². The van der Waals surface area contributed by atoms with Gasteiger partial charge in [-0.2, -0.15) is 0 Å². The van der Waals surface area contributed by atoms with Crippen molar-refractivity contribution in [1.82, 2.24) is 0 Å². The molecule has 0 aliphatic heterocycles. The molecule has 1 aromatic rings. The van der Waals surface area contributed by atoms with Crippen LogP contribution in [0.4, 0.5) is 10.1 Å². The third-order valence-electron chi connectivity index (χ3n) is 1.42. The summed E-state index contributed by atoms with van der Waals surface area (Å²) in [6, 6.07) is 4.20. The zero-order valence-corrected chi connectivity index (χ0v) is 9.32. The second-order valence-corrected chi connectivity index (χ2v) is 3.86. The molecule has 0 aliphatic rings. The maximum absolute atomic E-state index is 13.1. The van der Waals surface area contributed by atoms with Crippen LogP contribution >= 0.6 is 27.5 Å². The van der Waals surface area contributed by atoms with E-state index < -0.39 is 11.7 Å². The van der Waals surface area contributed by atoms with Gasteiger partial charge in [0.2, 0.25) is 0 Å². The van der Waals surface area contributed by atoms with Gasteiger partial charge in [0, 0.05) is 4.47 Å². The van der Waals surface area contributed by atoms with Crippen LogP contribution in [-0.4, -0.2) is 5.91 Å². The molecule has 1 amide bonds. The second kappa shape index (κ2) is 4.57. The van der Waals surface area contributed by atoms with Crippen molar-refractivity contribution >= 4 is 39.1 Å². The van der Waals surface area contributed by atoms with Crippen LogP contribution in [0.2, 0.25) is 0 Å². The molecule has 1 N–H and O–H groups in total. The van der Waals surface area contributed by atoms with Crippen LogP contribution in [0.3, 0.4) is 0 Å². The summed E-state index contributed by atoms with van der Waals surface area (Å²) in [6.45, 7) is 3.22. The molecule has 1 aromatic carbocycles. The van der Waals surface area contributed by atoms with E-state index in [9.17, 15) is 9.18 Å². The molecule has 0 heterocycles. The Kier molecular flexibility index (Phi) is 3.66. The van der Waals surface area contributed by atoms with Gasteiger partial charge in [0.15, 0.2) is 0 Å². The normalized spacial score (nSPS) is 9.64. The van der Waals surface area contributed by atoms with E-state index in [0.717, 1.165) is 0 Å². The van der Waals surface area contributed by atoms with E-state index in [4.69, 9.17) is 11.6 Å².